The predicted octanol–water partition coefficient (Wildman–Crippen LogP) is 1.44. The topological polar surface area (TPSA) is 56.0 Å². The quantitative estimate of drug-likeness (QED) is 0.821. The van der Waals surface area contributed by atoms with Crippen LogP contribution in [0.3, 0.4) is 0 Å². The molecule has 0 amide bonds. The summed E-state index contributed by atoms with van der Waals surface area (Å²) in [6.45, 7) is 1.94. The van der Waals surface area contributed by atoms with Crippen LogP contribution < -0.4 is 5.73 Å². The highest BCUT2D eigenvalue weighted by Crippen LogP contribution is 2.30. The maximum atomic E-state index is 11.8. The van der Waals surface area contributed by atoms with Gasteiger partial charge in [0, 0.05) is 5.38 Å². The van der Waals surface area contributed by atoms with Crippen LogP contribution in [-0.4, -0.2) is 16.3 Å². The highest BCUT2D eigenvalue weighted by atomic mass is 32.1. The maximum Gasteiger partial charge on any atom is 0.158 e. The first kappa shape index (κ1) is 9.80. The number of Topliss-reactive ketones (excluding diaryl/α,β-unsaturated/α-hetero) is 1. The lowest BCUT2D eigenvalue weighted by Crippen LogP contribution is -2.54. The van der Waals surface area contributed by atoms with E-state index in [1.807, 2.05) is 12.3 Å². The molecule has 76 valence electrons. The number of nitrogens with two attached hydrogens (primary N) is 1. The fraction of sp³-hybridized carbons (Fsp3) is 0.600. The van der Waals surface area contributed by atoms with E-state index in [1.165, 1.54) is 0 Å². The number of rotatable bonds is 3. The van der Waals surface area contributed by atoms with Crippen LogP contribution in [0.2, 0.25) is 0 Å². The molecular formula is C10H14N2OS. The SMILES string of the molecule is Cc1nc(CC(=O)C2(N)CCC2)cs1. The molecule has 0 atom stereocenters. The molecule has 1 heterocycles. The Kier molecular flexibility index (Phi) is 2.41. The first-order valence-corrected chi connectivity index (χ1v) is 5.71. The van der Waals surface area contributed by atoms with Gasteiger partial charge in [-0.3, -0.25) is 4.79 Å². The van der Waals surface area contributed by atoms with Gasteiger partial charge in [-0.2, -0.15) is 0 Å². The lowest BCUT2D eigenvalue weighted by atomic mass is 9.73. The van der Waals surface area contributed by atoms with Crippen molar-refractivity contribution in [1.29, 1.82) is 0 Å². The van der Waals surface area contributed by atoms with E-state index >= 15 is 0 Å². The normalized spacial score (nSPS) is 19.0. The minimum absolute atomic E-state index is 0.147. The Morgan fingerprint density at radius 3 is 2.86 bits per heavy atom. The molecule has 0 unspecified atom stereocenters. The Morgan fingerprint density at radius 1 is 1.71 bits per heavy atom. The molecule has 3 nitrogen and oxygen atoms in total. The summed E-state index contributed by atoms with van der Waals surface area (Å²) in [5, 5.41) is 2.95. The van der Waals surface area contributed by atoms with E-state index in [9.17, 15) is 4.79 Å². The van der Waals surface area contributed by atoms with E-state index in [1.54, 1.807) is 11.3 Å². The summed E-state index contributed by atoms with van der Waals surface area (Å²) >= 11 is 1.58. The van der Waals surface area contributed by atoms with Gasteiger partial charge < -0.3 is 5.73 Å². The molecule has 2 rings (SSSR count). The van der Waals surface area contributed by atoms with Crippen LogP contribution in [0, 0.1) is 6.92 Å². The molecule has 1 aliphatic rings. The largest absolute Gasteiger partial charge is 0.319 e. The number of ketones is 1. The van der Waals surface area contributed by atoms with Gasteiger partial charge in [0.15, 0.2) is 5.78 Å². The van der Waals surface area contributed by atoms with Gasteiger partial charge in [-0.1, -0.05) is 0 Å². The zero-order valence-corrected chi connectivity index (χ0v) is 9.06. The monoisotopic (exact) mass is 210 g/mol. The minimum Gasteiger partial charge on any atom is -0.319 e. The second-order valence-corrected chi connectivity index (χ2v) is 5.03. The molecule has 0 radical (unpaired) electrons. The van der Waals surface area contributed by atoms with Crippen molar-refractivity contribution in [2.45, 2.75) is 38.1 Å². The Morgan fingerprint density at radius 2 is 2.43 bits per heavy atom. The molecule has 2 N–H and O–H groups in total. The molecule has 0 aromatic carbocycles. The smallest absolute Gasteiger partial charge is 0.158 e. The fourth-order valence-corrected chi connectivity index (χ4v) is 2.28. The highest BCUT2D eigenvalue weighted by molar-refractivity contribution is 7.09. The van der Waals surface area contributed by atoms with E-state index < -0.39 is 5.54 Å². The first-order chi connectivity index (χ1) is 6.60. The molecule has 1 fully saturated rings. The molecule has 0 aliphatic heterocycles. The molecule has 1 saturated carbocycles. The lowest BCUT2D eigenvalue weighted by molar-refractivity contribution is -0.126. The number of aromatic nitrogens is 1. The van der Waals surface area contributed by atoms with Crippen molar-refractivity contribution in [2.75, 3.05) is 0 Å². The maximum absolute atomic E-state index is 11.8. The van der Waals surface area contributed by atoms with Gasteiger partial charge in [-0.05, 0) is 26.2 Å². The van der Waals surface area contributed by atoms with Crippen molar-refractivity contribution in [3.63, 3.8) is 0 Å². The summed E-state index contributed by atoms with van der Waals surface area (Å²) in [7, 11) is 0. The lowest BCUT2D eigenvalue weighted by Gasteiger charge is -2.36. The number of hydrogen-bond acceptors (Lipinski definition) is 4. The average Bonchev–Trinajstić information content (AvgIpc) is 2.47. The van der Waals surface area contributed by atoms with Gasteiger partial charge in [-0.25, -0.2) is 4.98 Å². The van der Waals surface area contributed by atoms with Gasteiger partial charge in [0.25, 0.3) is 0 Å². The van der Waals surface area contributed by atoms with Crippen molar-refractivity contribution in [3.8, 4) is 0 Å². The van der Waals surface area contributed by atoms with Crippen LogP contribution in [0.15, 0.2) is 5.38 Å². The van der Waals surface area contributed by atoms with Crippen molar-refractivity contribution in [2.24, 2.45) is 5.73 Å². The highest BCUT2D eigenvalue weighted by Gasteiger charge is 2.39. The molecule has 4 heteroatoms. The molecule has 0 bridgehead atoms. The standard InChI is InChI=1S/C10H14N2OS/c1-7-12-8(6-14-7)5-9(13)10(11)3-2-4-10/h6H,2-5,11H2,1H3. The third kappa shape index (κ3) is 1.72. The number of nitrogens with zero attached hydrogens (tertiary/aromatic N) is 1. The Labute approximate surface area is 87.3 Å². The van der Waals surface area contributed by atoms with Crippen LogP contribution in [0.1, 0.15) is 30.0 Å². The number of aryl methyl sites for hydroxylation is 1. The summed E-state index contributed by atoms with van der Waals surface area (Å²) in [6.07, 6.45) is 3.17. The van der Waals surface area contributed by atoms with Crippen LogP contribution in [0.5, 0.6) is 0 Å². The first-order valence-electron chi connectivity index (χ1n) is 4.83. The Hall–Kier alpha value is -0.740. The van der Waals surface area contributed by atoms with E-state index in [0.717, 1.165) is 30.0 Å². The summed E-state index contributed by atoms with van der Waals surface area (Å²) in [5.74, 6) is 0.147. The minimum atomic E-state index is -0.530. The Balaban J connectivity index is 2.01. The summed E-state index contributed by atoms with van der Waals surface area (Å²) in [4.78, 5) is 16.0. The third-order valence-corrected chi connectivity index (χ3v) is 3.63. The third-order valence-electron chi connectivity index (χ3n) is 2.81. The zero-order valence-electron chi connectivity index (χ0n) is 8.25. The molecule has 1 aliphatic carbocycles. The molecular weight excluding hydrogens is 196 g/mol. The van der Waals surface area contributed by atoms with E-state index in [4.69, 9.17) is 5.73 Å². The summed E-state index contributed by atoms with van der Waals surface area (Å²) in [6, 6.07) is 0. The summed E-state index contributed by atoms with van der Waals surface area (Å²) in [5.41, 5.74) is 6.27. The molecule has 1 aromatic rings. The van der Waals surface area contributed by atoms with Gasteiger partial charge in [0.2, 0.25) is 0 Å². The second-order valence-electron chi connectivity index (χ2n) is 3.97. The van der Waals surface area contributed by atoms with Gasteiger partial charge in [0.05, 0.1) is 22.7 Å². The van der Waals surface area contributed by atoms with Gasteiger partial charge in [-0.15, -0.1) is 11.3 Å². The van der Waals surface area contributed by atoms with Crippen LogP contribution >= 0.6 is 11.3 Å². The van der Waals surface area contributed by atoms with Gasteiger partial charge in [0.1, 0.15) is 0 Å². The van der Waals surface area contributed by atoms with Crippen molar-refractivity contribution in [1.82, 2.24) is 4.98 Å². The molecule has 14 heavy (non-hydrogen) atoms. The van der Waals surface area contributed by atoms with E-state index in [-0.39, 0.29) is 5.78 Å². The van der Waals surface area contributed by atoms with Crippen molar-refractivity contribution in [3.05, 3.63) is 16.1 Å². The van der Waals surface area contributed by atoms with E-state index in [2.05, 4.69) is 4.98 Å². The van der Waals surface area contributed by atoms with Crippen LogP contribution in [0.25, 0.3) is 0 Å². The number of carbonyl (C=O) groups excluding carboxylic acids is 1. The van der Waals surface area contributed by atoms with Crippen molar-refractivity contribution < 1.29 is 4.79 Å². The summed E-state index contributed by atoms with van der Waals surface area (Å²) < 4.78 is 0. The molecule has 0 spiro atoms. The Bertz CT molecular complexity index is 355. The molecule has 0 saturated heterocycles. The number of carbonyl (C=O) groups is 1. The van der Waals surface area contributed by atoms with Gasteiger partial charge >= 0.3 is 0 Å². The van der Waals surface area contributed by atoms with Crippen LogP contribution in [-0.2, 0) is 11.2 Å². The predicted molar refractivity (Wildman–Crippen MR) is 56.3 cm³/mol. The molecule has 1 aromatic heterocycles. The van der Waals surface area contributed by atoms with Crippen molar-refractivity contribution >= 4 is 17.1 Å². The number of thiazole rings is 1. The zero-order chi connectivity index (χ0) is 10.2. The van der Waals surface area contributed by atoms with E-state index in [0.29, 0.717) is 6.42 Å². The second kappa shape index (κ2) is 3.44. The van der Waals surface area contributed by atoms with Crippen LogP contribution in [0.4, 0.5) is 0 Å². The number of hydrogen-bond donors (Lipinski definition) is 1. The average molecular weight is 210 g/mol. The fourth-order valence-electron chi connectivity index (χ4n) is 1.67.